The number of thiazole rings is 1. The molecule has 4 rings (SSSR count). The van der Waals surface area contributed by atoms with E-state index in [0.29, 0.717) is 10.8 Å². The second-order valence-electron chi connectivity index (χ2n) is 7.06. The van der Waals surface area contributed by atoms with Crippen LogP contribution in [0.1, 0.15) is 23.1 Å². The van der Waals surface area contributed by atoms with Crippen LogP contribution >= 0.6 is 22.9 Å². The van der Waals surface area contributed by atoms with Gasteiger partial charge in [-0.25, -0.2) is 9.97 Å². The number of nitrogens with zero attached hydrogens (tertiary/aromatic N) is 3. The van der Waals surface area contributed by atoms with Gasteiger partial charge in [0.15, 0.2) is 0 Å². The third-order valence-corrected chi connectivity index (χ3v) is 6.44. The molecule has 2 aromatic heterocycles. The molecule has 0 aliphatic rings. The first kappa shape index (κ1) is 21.3. The number of imidazole rings is 1. The number of carbonyl (C=O) groups excluding carboxylic acids is 1. The van der Waals surface area contributed by atoms with Gasteiger partial charge in [-0.1, -0.05) is 17.7 Å². The highest BCUT2D eigenvalue weighted by Crippen LogP contribution is 2.36. The second-order valence-corrected chi connectivity index (χ2v) is 8.58. The van der Waals surface area contributed by atoms with Gasteiger partial charge in [0.2, 0.25) is 0 Å². The Morgan fingerprint density at radius 3 is 2.84 bits per heavy atom. The maximum absolute atomic E-state index is 12.5. The Hall–Kier alpha value is -2.90. The summed E-state index contributed by atoms with van der Waals surface area (Å²) in [6.45, 7) is 5.04. The highest BCUT2D eigenvalue weighted by atomic mass is 35.5. The molecule has 0 saturated carbocycles. The number of esters is 1. The summed E-state index contributed by atoms with van der Waals surface area (Å²) in [7, 11) is 1.60. The first-order valence-electron chi connectivity index (χ1n) is 9.88. The quantitative estimate of drug-likeness (QED) is 0.347. The molecule has 31 heavy (non-hydrogen) atoms. The number of benzene rings is 2. The molecular weight excluding hydrogens is 434 g/mol. The lowest BCUT2D eigenvalue weighted by Gasteiger charge is -2.06. The van der Waals surface area contributed by atoms with E-state index in [0.717, 1.165) is 44.3 Å². The first-order valence-corrected chi connectivity index (χ1v) is 11.1. The third-order valence-electron chi connectivity index (χ3n) is 5.02. The van der Waals surface area contributed by atoms with Gasteiger partial charge in [-0.15, -0.1) is 11.3 Å². The lowest BCUT2D eigenvalue weighted by atomic mass is 10.2. The number of ether oxygens (including phenoxy) is 2. The van der Waals surface area contributed by atoms with E-state index in [-0.39, 0.29) is 19.0 Å². The number of aryl methyl sites for hydroxylation is 2. The van der Waals surface area contributed by atoms with Gasteiger partial charge in [-0.3, -0.25) is 4.79 Å². The van der Waals surface area contributed by atoms with Crippen LogP contribution in [-0.4, -0.2) is 27.6 Å². The molecule has 0 unspecified atom stereocenters. The number of rotatable bonds is 7. The maximum Gasteiger partial charge on any atom is 0.311 e. The molecule has 0 aliphatic heterocycles. The fourth-order valence-electron chi connectivity index (χ4n) is 3.35. The van der Waals surface area contributed by atoms with Gasteiger partial charge >= 0.3 is 5.97 Å². The van der Waals surface area contributed by atoms with Crippen LogP contribution in [0.3, 0.4) is 0 Å². The molecule has 0 N–H and O–H groups in total. The minimum Gasteiger partial charge on any atom is -0.496 e. The predicted octanol–water partition coefficient (Wildman–Crippen LogP) is 5.44. The number of hydrogen-bond acceptors (Lipinski definition) is 6. The third kappa shape index (κ3) is 4.57. The zero-order valence-corrected chi connectivity index (χ0v) is 19.1. The minimum atomic E-state index is -0.291. The summed E-state index contributed by atoms with van der Waals surface area (Å²) in [6.07, 6.45) is 1.99. The molecule has 0 fully saturated rings. The SMILES string of the molecule is CCn1cnc2cc(COC(=O)Cc3sc(-c4ccc(Cl)cc4OC)nc3C)ccc21. The van der Waals surface area contributed by atoms with Crippen molar-refractivity contribution in [3.8, 4) is 16.3 Å². The largest absolute Gasteiger partial charge is 0.496 e. The number of methoxy groups -OCH3 is 1. The number of fused-ring (bicyclic) bond motifs is 1. The fraction of sp³-hybridized carbons (Fsp3) is 0.261. The van der Waals surface area contributed by atoms with Crippen LogP contribution in [0.15, 0.2) is 42.7 Å². The molecular formula is C23H22ClN3O3S. The lowest BCUT2D eigenvalue weighted by molar-refractivity contribution is -0.144. The van der Waals surface area contributed by atoms with E-state index < -0.39 is 0 Å². The number of halogens is 1. The molecule has 6 nitrogen and oxygen atoms in total. The van der Waals surface area contributed by atoms with Crippen molar-refractivity contribution in [3.05, 3.63) is 63.9 Å². The standard InChI is InChI=1S/C23H22ClN3O3S/c1-4-27-13-25-18-9-15(5-8-19(18)27)12-30-22(28)11-21-14(2)26-23(31-21)17-7-6-16(24)10-20(17)29-3/h5-10,13H,4,11-12H2,1-3H3. The van der Waals surface area contributed by atoms with Gasteiger partial charge in [-0.2, -0.15) is 0 Å². The molecule has 2 heterocycles. The Labute approximate surface area is 189 Å². The maximum atomic E-state index is 12.5. The van der Waals surface area contributed by atoms with Gasteiger partial charge < -0.3 is 14.0 Å². The van der Waals surface area contributed by atoms with Gasteiger partial charge in [0.05, 0.1) is 42.1 Å². The predicted molar refractivity (Wildman–Crippen MR) is 123 cm³/mol. The average Bonchev–Trinajstić information content (AvgIpc) is 3.34. The normalized spacial score (nSPS) is 11.1. The van der Waals surface area contributed by atoms with Crippen LogP contribution in [0.2, 0.25) is 5.02 Å². The summed E-state index contributed by atoms with van der Waals surface area (Å²) in [6, 6.07) is 11.3. The van der Waals surface area contributed by atoms with Crippen LogP contribution in [-0.2, 0) is 29.1 Å². The van der Waals surface area contributed by atoms with Crippen LogP contribution in [0, 0.1) is 6.92 Å². The molecule has 0 radical (unpaired) electrons. The smallest absolute Gasteiger partial charge is 0.311 e. The summed E-state index contributed by atoms with van der Waals surface area (Å²) < 4.78 is 13.0. The molecule has 8 heteroatoms. The van der Waals surface area contributed by atoms with Gasteiger partial charge in [-0.05, 0) is 49.7 Å². The van der Waals surface area contributed by atoms with E-state index in [9.17, 15) is 4.79 Å². The van der Waals surface area contributed by atoms with Crippen molar-refractivity contribution in [1.29, 1.82) is 0 Å². The van der Waals surface area contributed by atoms with Crippen LogP contribution in [0.25, 0.3) is 21.6 Å². The summed E-state index contributed by atoms with van der Waals surface area (Å²) in [4.78, 5) is 22.3. The number of carbonyl (C=O) groups is 1. The minimum absolute atomic E-state index is 0.173. The zero-order valence-electron chi connectivity index (χ0n) is 17.5. The monoisotopic (exact) mass is 455 g/mol. The van der Waals surface area contributed by atoms with E-state index in [1.807, 2.05) is 37.5 Å². The Balaban J connectivity index is 1.43. The lowest BCUT2D eigenvalue weighted by Crippen LogP contribution is -2.07. The van der Waals surface area contributed by atoms with Crippen molar-refractivity contribution in [2.75, 3.05) is 7.11 Å². The highest BCUT2D eigenvalue weighted by molar-refractivity contribution is 7.15. The molecule has 0 atom stereocenters. The van der Waals surface area contributed by atoms with Crippen molar-refractivity contribution in [2.24, 2.45) is 0 Å². The van der Waals surface area contributed by atoms with Gasteiger partial charge in [0, 0.05) is 16.4 Å². The summed E-state index contributed by atoms with van der Waals surface area (Å²) in [5.41, 5.74) is 4.54. The molecule has 2 aromatic carbocycles. The van der Waals surface area contributed by atoms with Crippen molar-refractivity contribution < 1.29 is 14.3 Å². The van der Waals surface area contributed by atoms with E-state index in [1.54, 1.807) is 19.2 Å². The van der Waals surface area contributed by atoms with Crippen LogP contribution < -0.4 is 4.74 Å². The molecule has 0 spiro atoms. The van der Waals surface area contributed by atoms with E-state index >= 15 is 0 Å². The number of aromatic nitrogens is 3. The van der Waals surface area contributed by atoms with Crippen molar-refractivity contribution in [1.82, 2.24) is 14.5 Å². The highest BCUT2D eigenvalue weighted by Gasteiger charge is 2.17. The number of hydrogen-bond donors (Lipinski definition) is 0. The molecule has 0 saturated heterocycles. The Bertz CT molecular complexity index is 1250. The van der Waals surface area contributed by atoms with Gasteiger partial charge in [0.1, 0.15) is 17.4 Å². The molecule has 0 amide bonds. The van der Waals surface area contributed by atoms with Crippen LogP contribution in [0.5, 0.6) is 5.75 Å². The molecule has 160 valence electrons. The van der Waals surface area contributed by atoms with E-state index in [2.05, 4.69) is 21.5 Å². The fourth-order valence-corrected chi connectivity index (χ4v) is 4.59. The Morgan fingerprint density at radius 2 is 2.06 bits per heavy atom. The zero-order chi connectivity index (χ0) is 22.0. The van der Waals surface area contributed by atoms with Crippen molar-refractivity contribution in [3.63, 3.8) is 0 Å². The molecule has 0 bridgehead atoms. The topological polar surface area (TPSA) is 66.2 Å². The first-order chi connectivity index (χ1) is 15.0. The summed E-state index contributed by atoms with van der Waals surface area (Å²) in [5.74, 6) is 0.358. The molecule has 0 aliphatic carbocycles. The Kier molecular flexibility index (Phi) is 6.25. The Morgan fingerprint density at radius 1 is 1.23 bits per heavy atom. The van der Waals surface area contributed by atoms with E-state index in [4.69, 9.17) is 21.1 Å². The van der Waals surface area contributed by atoms with Crippen molar-refractivity contribution in [2.45, 2.75) is 33.4 Å². The summed E-state index contributed by atoms with van der Waals surface area (Å²) in [5, 5.41) is 1.38. The molecule has 4 aromatic rings. The summed E-state index contributed by atoms with van der Waals surface area (Å²) >= 11 is 7.51. The van der Waals surface area contributed by atoms with Gasteiger partial charge in [0.25, 0.3) is 0 Å². The second kappa shape index (κ2) is 9.08. The van der Waals surface area contributed by atoms with Crippen LogP contribution in [0.4, 0.5) is 0 Å². The average molecular weight is 456 g/mol. The van der Waals surface area contributed by atoms with Crippen molar-refractivity contribution >= 4 is 39.9 Å². The van der Waals surface area contributed by atoms with E-state index in [1.165, 1.54) is 11.3 Å².